The average molecular weight is 155 g/mol. The Labute approximate surface area is 64.9 Å². The number of hydrogen-bond acceptors (Lipinski definition) is 3. The Morgan fingerprint density at radius 2 is 2.45 bits per heavy atom. The summed E-state index contributed by atoms with van der Waals surface area (Å²) >= 11 is 0. The zero-order chi connectivity index (χ0) is 8.69. The van der Waals surface area contributed by atoms with Crippen LogP contribution in [0.1, 0.15) is 6.92 Å². The van der Waals surface area contributed by atoms with Crippen LogP contribution >= 0.6 is 0 Å². The normalized spacial score (nSPS) is 10.5. The molecular weight excluding hydrogens is 146 g/mol. The van der Waals surface area contributed by atoms with E-state index in [0.717, 1.165) is 6.20 Å². The summed E-state index contributed by atoms with van der Waals surface area (Å²) in [5.74, 6) is -0.560. The number of aliphatic hydroxyl groups is 1. The van der Waals surface area contributed by atoms with Crippen molar-refractivity contribution in [2.45, 2.75) is 6.92 Å². The summed E-state index contributed by atoms with van der Waals surface area (Å²) in [5, 5.41) is 8.27. The van der Waals surface area contributed by atoms with Gasteiger partial charge in [-0.15, -0.1) is 0 Å². The van der Waals surface area contributed by atoms with Crippen molar-refractivity contribution in [1.29, 1.82) is 0 Å². The first-order valence-electron chi connectivity index (χ1n) is 3.03. The van der Waals surface area contributed by atoms with Crippen molar-refractivity contribution >= 4 is 5.97 Å². The molecule has 0 aliphatic rings. The van der Waals surface area contributed by atoms with Crippen molar-refractivity contribution in [3.8, 4) is 0 Å². The zero-order valence-electron chi connectivity index (χ0n) is 6.20. The van der Waals surface area contributed by atoms with E-state index in [4.69, 9.17) is 11.7 Å². The molecule has 0 aliphatic carbocycles. The fourth-order valence-electron chi connectivity index (χ4n) is 0.402. The van der Waals surface area contributed by atoms with Crippen LogP contribution in [0.5, 0.6) is 0 Å². The average Bonchev–Trinajstić information content (AvgIpc) is 2.00. The Morgan fingerprint density at radius 3 is 2.91 bits per heavy atom. The fraction of sp³-hybridized carbons (Fsp3) is 0.429. The Bertz CT molecular complexity index is 202. The number of nitrogens with zero attached hydrogens (tertiary/aromatic N) is 1. The van der Waals surface area contributed by atoms with Gasteiger partial charge in [0.1, 0.15) is 6.61 Å². The minimum atomic E-state index is -0.560. The molecule has 0 unspecified atom stereocenters. The molecule has 0 aromatic rings. The Kier molecular flexibility index (Phi) is 4.78. The largest absolute Gasteiger partial charge is 0.461 e. The third-order valence-electron chi connectivity index (χ3n) is 0.905. The predicted molar refractivity (Wildman–Crippen MR) is 38.4 cm³/mol. The maximum absolute atomic E-state index is 10.7. The van der Waals surface area contributed by atoms with Crippen molar-refractivity contribution in [3.05, 3.63) is 23.2 Å². The van der Waals surface area contributed by atoms with E-state index in [1.807, 2.05) is 0 Å². The van der Waals surface area contributed by atoms with E-state index in [1.165, 1.54) is 6.92 Å². The predicted octanol–water partition coefficient (Wildman–Crippen LogP) is 0.345. The van der Waals surface area contributed by atoms with Crippen LogP contribution < -0.4 is 0 Å². The second-order valence-corrected chi connectivity index (χ2v) is 1.80. The summed E-state index contributed by atoms with van der Waals surface area (Å²) in [6, 6.07) is 0. The molecule has 0 fully saturated rings. The second-order valence-electron chi connectivity index (χ2n) is 1.80. The number of esters is 1. The summed E-state index contributed by atoms with van der Waals surface area (Å²) < 4.78 is 4.50. The van der Waals surface area contributed by atoms with Crippen LogP contribution in [-0.2, 0) is 9.53 Å². The fourth-order valence-corrected chi connectivity index (χ4v) is 0.402. The molecule has 0 radical (unpaired) electrons. The highest BCUT2D eigenvalue weighted by Gasteiger charge is 2.02. The van der Waals surface area contributed by atoms with Crippen molar-refractivity contribution in [1.82, 2.24) is 0 Å². The summed E-state index contributed by atoms with van der Waals surface area (Å²) in [6.07, 6.45) is 1.08. The summed E-state index contributed by atoms with van der Waals surface area (Å²) in [5.41, 5.74) is 0.244. The van der Waals surface area contributed by atoms with Gasteiger partial charge in [-0.1, -0.05) is 0 Å². The van der Waals surface area contributed by atoms with Gasteiger partial charge in [0.05, 0.1) is 13.2 Å². The van der Waals surface area contributed by atoms with Gasteiger partial charge in [-0.25, -0.2) is 9.64 Å². The topological polar surface area (TPSA) is 50.9 Å². The molecule has 0 saturated carbocycles. The van der Waals surface area contributed by atoms with E-state index >= 15 is 0 Å². The molecule has 0 aliphatic heterocycles. The second kappa shape index (κ2) is 5.45. The van der Waals surface area contributed by atoms with Crippen molar-refractivity contribution in [3.63, 3.8) is 0 Å². The highest BCUT2D eigenvalue weighted by atomic mass is 16.5. The van der Waals surface area contributed by atoms with Crippen LogP contribution in [0.3, 0.4) is 0 Å². The van der Waals surface area contributed by atoms with Gasteiger partial charge < -0.3 is 9.84 Å². The number of aliphatic hydroxyl groups excluding tert-OH is 1. The molecule has 0 saturated heterocycles. The first kappa shape index (κ1) is 9.66. The van der Waals surface area contributed by atoms with E-state index in [0.29, 0.717) is 0 Å². The molecule has 0 spiro atoms. The van der Waals surface area contributed by atoms with Crippen LogP contribution in [-0.4, -0.2) is 24.3 Å². The molecule has 0 amide bonds. The lowest BCUT2D eigenvalue weighted by Crippen LogP contribution is -2.08. The van der Waals surface area contributed by atoms with Gasteiger partial charge in [-0.3, -0.25) is 0 Å². The molecule has 0 rings (SSSR count). The maximum Gasteiger partial charge on any atom is 0.322 e. The standard InChI is InChI=1S/C7H9NO3/c1-6(5-8-2)7(10)11-4-3-9/h5,9H,3-4H2,1H3. The molecule has 0 aromatic heterocycles. The highest BCUT2D eigenvalue weighted by molar-refractivity contribution is 5.87. The van der Waals surface area contributed by atoms with Gasteiger partial charge in [0.2, 0.25) is 0 Å². The van der Waals surface area contributed by atoms with E-state index in [1.54, 1.807) is 0 Å². The minimum absolute atomic E-state index is 0.0258. The van der Waals surface area contributed by atoms with Gasteiger partial charge >= 0.3 is 5.97 Å². The maximum atomic E-state index is 10.7. The summed E-state index contributed by atoms with van der Waals surface area (Å²) in [6.45, 7) is 7.66. The molecule has 60 valence electrons. The monoisotopic (exact) mass is 155 g/mol. The Balaban J connectivity index is 3.86. The first-order valence-corrected chi connectivity index (χ1v) is 3.03. The van der Waals surface area contributed by atoms with E-state index in [9.17, 15) is 4.79 Å². The van der Waals surface area contributed by atoms with Crippen LogP contribution in [0.2, 0.25) is 0 Å². The van der Waals surface area contributed by atoms with E-state index in [-0.39, 0.29) is 18.8 Å². The number of hydrogen-bond donors (Lipinski definition) is 1. The molecule has 4 nitrogen and oxygen atoms in total. The van der Waals surface area contributed by atoms with Crippen LogP contribution in [0.4, 0.5) is 0 Å². The Morgan fingerprint density at radius 1 is 1.82 bits per heavy atom. The van der Waals surface area contributed by atoms with Gasteiger partial charge in [-0.2, -0.15) is 0 Å². The number of ether oxygens (including phenoxy) is 1. The van der Waals surface area contributed by atoms with Crippen LogP contribution in [0.25, 0.3) is 4.85 Å². The lowest BCUT2D eigenvalue weighted by Gasteiger charge is -2.00. The molecule has 11 heavy (non-hydrogen) atoms. The summed E-state index contributed by atoms with van der Waals surface area (Å²) in [4.78, 5) is 13.6. The molecule has 1 N–H and O–H groups in total. The number of carbonyl (C=O) groups excluding carboxylic acids is 1. The van der Waals surface area contributed by atoms with Crippen molar-refractivity contribution in [2.75, 3.05) is 13.2 Å². The van der Waals surface area contributed by atoms with Crippen molar-refractivity contribution in [2.24, 2.45) is 0 Å². The lowest BCUT2D eigenvalue weighted by molar-refractivity contribution is -0.139. The molecule has 0 atom stereocenters. The minimum Gasteiger partial charge on any atom is -0.461 e. The van der Waals surface area contributed by atoms with Gasteiger partial charge in [0.25, 0.3) is 0 Å². The third kappa shape index (κ3) is 4.12. The third-order valence-corrected chi connectivity index (χ3v) is 0.905. The van der Waals surface area contributed by atoms with Crippen molar-refractivity contribution < 1.29 is 14.6 Å². The highest BCUT2D eigenvalue weighted by Crippen LogP contribution is 1.95. The molecular formula is C7H9NO3. The molecule has 0 bridgehead atoms. The molecule has 4 heteroatoms. The molecule has 0 aromatic carbocycles. The van der Waals surface area contributed by atoms with Gasteiger partial charge in [-0.05, 0) is 6.92 Å². The van der Waals surface area contributed by atoms with E-state index in [2.05, 4.69) is 9.58 Å². The van der Waals surface area contributed by atoms with E-state index < -0.39 is 5.97 Å². The van der Waals surface area contributed by atoms with Crippen LogP contribution in [0, 0.1) is 6.57 Å². The lowest BCUT2D eigenvalue weighted by atomic mass is 10.3. The number of rotatable bonds is 3. The Hall–Kier alpha value is -1.34. The first-order chi connectivity index (χ1) is 5.22. The quantitative estimate of drug-likeness (QED) is 0.363. The SMILES string of the molecule is [C-]#[N+]C=C(C)C(=O)OCCO. The number of carbonyl (C=O) groups is 1. The van der Waals surface area contributed by atoms with Gasteiger partial charge in [0, 0.05) is 5.57 Å². The van der Waals surface area contributed by atoms with Gasteiger partial charge in [0.15, 0.2) is 6.20 Å². The van der Waals surface area contributed by atoms with Crippen LogP contribution in [0.15, 0.2) is 11.8 Å². The summed E-state index contributed by atoms with van der Waals surface area (Å²) in [7, 11) is 0. The smallest absolute Gasteiger partial charge is 0.322 e. The molecule has 0 heterocycles. The zero-order valence-corrected chi connectivity index (χ0v) is 6.20.